The molecule has 0 spiro atoms. The molecule has 96 valence electrons. The minimum absolute atomic E-state index is 0.120. The van der Waals surface area contributed by atoms with Crippen molar-refractivity contribution in [3.63, 3.8) is 0 Å². The van der Waals surface area contributed by atoms with E-state index in [1.165, 1.54) is 7.05 Å². The van der Waals surface area contributed by atoms with Gasteiger partial charge in [0.15, 0.2) is 0 Å². The van der Waals surface area contributed by atoms with Crippen LogP contribution in [0.25, 0.3) is 0 Å². The number of hydrogen-bond acceptors (Lipinski definition) is 4. The molecule has 1 unspecified atom stereocenters. The van der Waals surface area contributed by atoms with Gasteiger partial charge in [-0.1, -0.05) is 11.6 Å². The minimum atomic E-state index is -3.77. The van der Waals surface area contributed by atoms with E-state index in [0.717, 1.165) is 16.6 Å². The molecule has 0 aromatic carbocycles. The second-order valence-corrected chi connectivity index (χ2v) is 5.97. The number of pyridine rings is 1. The van der Waals surface area contributed by atoms with Gasteiger partial charge in [-0.3, -0.25) is 4.79 Å². The number of H-pyrrole nitrogens is 1. The SMILES string of the molecule is CC(CO)N(C)S(=O)(=O)c1c[nH]c(=O)c(Cl)c1. The molecule has 0 radical (unpaired) electrons. The van der Waals surface area contributed by atoms with Crippen molar-refractivity contribution in [2.24, 2.45) is 0 Å². The standard InChI is InChI=1S/C9H13ClN2O4S/c1-6(5-13)12(2)17(15,16)7-3-8(10)9(14)11-4-7/h3-4,6,13H,5H2,1-2H3,(H,11,14). The van der Waals surface area contributed by atoms with Gasteiger partial charge in [0.1, 0.15) is 5.02 Å². The molecular formula is C9H13ClN2O4S. The predicted molar refractivity (Wildman–Crippen MR) is 63.6 cm³/mol. The summed E-state index contributed by atoms with van der Waals surface area (Å²) >= 11 is 5.56. The van der Waals surface area contributed by atoms with Gasteiger partial charge in [0.05, 0.1) is 11.5 Å². The van der Waals surface area contributed by atoms with Crippen LogP contribution in [0.15, 0.2) is 22.0 Å². The number of hydrogen-bond donors (Lipinski definition) is 2. The van der Waals surface area contributed by atoms with Crippen molar-refractivity contribution < 1.29 is 13.5 Å². The summed E-state index contributed by atoms with van der Waals surface area (Å²) in [6.45, 7) is 1.26. The highest BCUT2D eigenvalue weighted by molar-refractivity contribution is 7.89. The third-order valence-corrected chi connectivity index (χ3v) is 4.62. The van der Waals surface area contributed by atoms with Crippen LogP contribution in [0.5, 0.6) is 0 Å². The maximum Gasteiger partial charge on any atom is 0.266 e. The van der Waals surface area contributed by atoms with Gasteiger partial charge in [-0.15, -0.1) is 0 Å². The van der Waals surface area contributed by atoms with E-state index in [4.69, 9.17) is 16.7 Å². The first-order chi connectivity index (χ1) is 7.80. The Hall–Kier alpha value is -0.890. The van der Waals surface area contributed by atoms with Gasteiger partial charge < -0.3 is 10.1 Å². The number of nitrogens with zero attached hydrogens (tertiary/aromatic N) is 1. The third kappa shape index (κ3) is 2.86. The summed E-state index contributed by atoms with van der Waals surface area (Å²) in [5.41, 5.74) is -0.552. The molecule has 1 rings (SSSR count). The summed E-state index contributed by atoms with van der Waals surface area (Å²) in [6.07, 6.45) is 1.07. The lowest BCUT2D eigenvalue weighted by Crippen LogP contribution is -2.37. The van der Waals surface area contributed by atoms with Crippen LogP contribution in [0, 0.1) is 0 Å². The average molecular weight is 281 g/mol. The number of halogens is 1. The highest BCUT2D eigenvalue weighted by atomic mass is 35.5. The van der Waals surface area contributed by atoms with Gasteiger partial charge in [-0.05, 0) is 13.0 Å². The van der Waals surface area contributed by atoms with Crippen molar-refractivity contribution in [3.05, 3.63) is 27.6 Å². The van der Waals surface area contributed by atoms with E-state index >= 15 is 0 Å². The fraction of sp³-hybridized carbons (Fsp3) is 0.444. The van der Waals surface area contributed by atoms with Crippen LogP contribution in [-0.4, -0.2) is 42.5 Å². The second kappa shape index (κ2) is 5.18. The predicted octanol–water partition coefficient (Wildman–Crippen LogP) is 0.0296. The largest absolute Gasteiger partial charge is 0.395 e. The molecular weight excluding hydrogens is 268 g/mol. The number of sulfonamides is 1. The Morgan fingerprint density at radius 3 is 2.65 bits per heavy atom. The number of nitrogens with one attached hydrogen (secondary N) is 1. The third-order valence-electron chi connectivity index (χ3n) is 2.39. The molecule has 8 heteroatoms. The van der Waals surface area contributed by atoms with Crippen LogP contribution in [-0.2, 0) is 10.0 Å². The van der Waals surface area contributed by atoms with Crippen LogP contribution < -0.4 is 5.56 Å². The Morgan fingerprint density at radius 1 is 1.59 bits per heavy atom. The molecule has 0 saturated carbocycles. The van der Waals surface area contributed by atoms with Crippen LogP contribution in [0.4, 0.5) is 0 Å². The molecule has 6 nitrogen and oxygen atoms in total. The Balaban J connectivity index is 3.22. The summed E-state index contributed by atoms with van der Waals surface area (Å²) in [4.78, 5) is 13.1. The molecule has 1 aromatic heterocycles. The van der Waals surface area contributed by atoms with E-state index in [0.29, 0.717) is 0 Å². The summed E-state index contributed by atoms with van der Waals surface area (Å²) in [7, 11) is -2.43. The number of likely N-dealkylation sites (N-methyl/N-ethyl adjacent to an activating group) is 1. The van der Waals surface area contributed by atoms with E-state index in [1.54, 1.807) is 6.92 Å². The fourth-order valence-corrected chi connectivity index (χ4v) is 2.69. The number of rotatable bonds is 4. The summed E-state index contributed by atoms with van der Waals surface area (Å²) in [6, 6.07) is 0.516. The van der Waals surface area contributed by atoms with Gasteiger partial charge in [0, 0.05) is 19.3 Å². The molecule has 0 amide bonds. The summed E-state index contributed by atoms with van der Waals surface area (Å²) < 4.78 is 25.1. The maximum absolute atomic E-state index is 12.0. The molecule has 2 N–H and O–H groups in total. The lowest BCUT2D eigenvalue weighted by atomic mass is 10.4. The van der Waals surface area contributed by atoms with Crippen LogP contribution in [0.1, 0.15) is 6.92 Å². The van der Waals surface area contributed by atoms with Crippen molar-refractivity contribution in [2.45, 2.75) is 17.9 Å². The highest BCUT2D eigenvalue weighted by Gasteiger charge is 2.25. The molecule has 0 bridgehead atoms. The number of aliphatic hydroxyl groups excluding tert-OH is 1. The molecule has 1 atom stereocenters. The van der Waals surface area contributed by atoms with E-state index in [1.807, 2.05) is 0 Å². The molecule has 0 aliphatic rings. The Labute approximate surface area is 104 Å². The molecule has 17 heavy (non-hydrogen) atoms. The highest BCUT2D eigenvalue weighted by Crippen LogP contribution is 2.16. The van der Waals surface area contributed by atoms with E-state index in [-0.39, 0.29) is 16.5 Å². The minimum Gasteiger partial charge on any atom is -0.395 e. The van der Waals surface area contributed by atoms with Gasteiger partial charge >= 0.3 is 0 Å². The van der Waals surface area contributed by atoms with Gasteiger partial charge in [0.25, 0.3) is 5.56 Å². The zero-order valence-corrected chi connectivity index (χ0v) is 10.9. The van der Waals surface area contributed by atoms with Gasteiger partial charge in [-0.25, -0.2) is 8.42 Å². The first-order valence-corrected chi connectivity index (χ1v) is 6.59. The zero-order valence-electron chi connectivity index (χ0n) is 9.34. The maximum atomic E-state index is 12.0. The molecule has 0 fully saturated rings. The molecule has 0 aliphatic heterocycles. The Bertz CT molecular complexity index is 554. The molecule has 1 aromatic rings. The smallest absolute Gasteiger partial charge is 0.266 e. The first-order valence-electron chi connectivity index (χ1n) is 4.78. The van der Waals surface area contributed by atoms with Crippen molar-refractivity contribution >= 4 is 21.6 Å². The van der Waals surface area contributed by atoms with Crippen LogP contribution in [0.2, 0.25) is 5.02 Å². The average Bonchev–Trinajstić information content (AvgIpc) is 2.30. The quantitative estimate of drug-likeness (QED) is 0.814. The van der Waals surface area contributed by atoms with Crippen molar-refractivity contribution in [3.8, 4) is 0 Å². The normalized spacial score (nSPS) is 13.9. The second-order valence-electron chi connectivity index (χ2n) is 3.57. The van der Waals surface area contributed by atoms with Crippen LogP contribution in [0.3, 0.4) is 0 Å². The number of aliphatic hydroxyl groups is 1. The van der Waals surface area contributed by atoms with Crippen molar-refractivity contribution in [1.29, 1.82) is 0 Å². The van der Waals surface area contributed by atoms with Crippen molar-refractivity contribution in [1.82, 2.24) is 9.29 Å². The Kier molecular flexibility index (Phi) is 4.31. The number of aromatic amines is 1. The fourth-order valence-electron chi connectivity index (χ4n) is 1.10. The lowest BCUT2D eigenvalue weighted by molar-refractivity contribution is 0.214. The monoisotopic (exact) mass is 280 g/mol. The van der Waals surface area contributed by atoms with E-state index in [2.05, 4.69) is 4.98 Å². The van der Waals surface area contributed by atoms with E-state index in [9.17, 15) is 13.2 Å². The van der Waals surface area contributed by atoms with Crippen molar-refractivity contribution in [2.75, 3.05) is 13.7 Å². The molecule has 0 aliphatic carbocycles. The summed E-state index contributed by atoms with van der Waals surface area (Å²) in [5, 5.41) is 8.73. The topological polar surface area (TPSA) is 90.5 Å². The Morgan fingerprint density at radius 2 is 2.18 bits per heavy atom. The first kappa shape index (κ1) is 14.2. The van der Waals surface area contributed by atoms with E-state index < -0.39 is 21.6 Å². The lowest BCUT2D eigenvalue weighted by Gasteiger charge is -2.22. The van der Waals surface area contributed by atoms with Crippen LogP contribution >= 0.6 is 11.6 Å². The zero-order chi connectivity index (χ0) is 13.2. The summed E-state index contributed by atoms with van der Waals surface area (Å²) in [5.74, 6) is 0. The van der Waals surface area contributed by atoms with Gasteiger partial charge in [-0.2, -0.15) is 4.31 Å². The van der Waals surface area contributed by atoms with Gasteiger partial charge in [0.2, 0.25) is 10.0 Å². The number of aromatic nitrogens is 1. The molecule has 1 heterocycles. The molecule has 0 saturated heterocycles.